The van der Waals surface area contributed by atoms with Gasteiger partial charge in [0.05, 0.1) is 0 Å². The zero-order valence-electron chi connectivity index (χ0n) is 5.29. The Labute approximate surface area is 50.0 Å². The van der Waals surface area contributed by atoms with Crippen LogP contribution in [0.3, 0.4) is 0 Å². The molecule has 0 fully saturated rings. The highest BCUT2D eigenvalue weighted by molar-refractivity contribution is 7.90. The van der Waals surface area contributed by atoms with Crippen molar-refractivity contribution in [2.24, 2.45) is 10.3 Å². The van der Waals surface area contributed by atoms with Gasteiger partial charge in [0.15, 0.2) is 0 Å². The van der Waals surface area contributed by atoms with Crippen LogP contribution in [0.5, 0.6) is 0 Å². The monoisotopic (exact) mass is 137 g/mol. The molecule has 0 aliphatic heterocycles. The van der Waals surface area contributed by atoms with E-state index in [9.17, 15) is 4.21 Å². The van der Waals surface area contributed by atoms with E-state index in [1.807, 2.05) is 0 Å². The van der Waals surface area contributed by atoms with Gasteiger partial charge in [-0.05, 0) is 0 Å². The maximum Gasteiger partial charge on any atom is 0.122 e. The predicted octanol–water partition coefficient (Wildman–Crippen LogP) is -0.565. The SMILES string of the molecule is CN(C)S(C)(=O)=NN. The molecule has 0 spiro atoms. The van der Waals surface area contributed by atoms with Crippen LogP contribution in [0.15, 0.2) is 4.47 Å². The molecule has 1 unspecified atom stereocenters. The third-order valence-corrected chi connectivity index (χ3v) is 2.62. The lowest BCUT2D eigenvalue weighted by molar-refractivity contribution is 0.596. The van der Waals surface area contributed by atoms with Crippen LogP contribution in [0, 0.1) is 0 Å². The third-order valence-electron chi connectivity index (χ3n) is 0.873. The zero-order chi connectivity index (χ0) is 6.78. The summed E-state index contributed by atoms with van der Waals surface area (Å²) in [5.41, 5.74) is 0. The second-order valence-electron chi connectivity index (χ2n) is 1.68. The Balaban J connectivity index is 4.42. The van der Waals surface area contributed by atoms with Crippen molar-refractivity contribution in [2.75, 3.05) is 20.4 Å². The summed E-state index contributed by atoms with van der Waals surface area (Å²) in [6.45, 7) is 0. The van der Waals surface area contributed by atoms with Crippen LogP contribution in [-0.4, -0.2) is 28.9 Å². The molecular formula is C3H11N3OS. The van der Waals surface area contributed by atoms with Gasteiger partial charge in [-0.1, -0.05) is 0 Å². The molecule has 0 radical (unpaired) electrons. The van der Waals surface area contributed by atoms with E-state index in [0.717, 1.165) is 0 Å². The molecule has 0 aromatic carbocycles. The molecule has 0 aliphatic carbocycles. The van der Waals surface area contributed by atoms with Crippen molar-refractivity contribution in [3.05, 3.63) is 0 Å². The van der Waals surface area contributed by atoms with Gasteiger partial charge in [-0.15, -0.1) is 4.47 Å². The highest BCUT2D eigenvalue weighted by atomic mass is 32.2. The quantitative estimate of drug-likeness (QED) is 0.389. The van der Waals surface area contributed by atoms with E-state index in [2.05, 4.69) is 4.47 Å². The van der Waals surface area contributed by atoms with E-state index in [1.54, 1.807) is 14.1 Å². The van der Waals surface area contributed by atoms with Crippen LogP contribution in [0.25, 0.3) is 0 Å². The Morgan fingerprint density at radius 3 is 2.00 bits per heavy atom. The van der Waals surface area contributed by atoms with Gasteiger partial charge in [-0.25, -0.2) is 14.4 Å². The summed E-state index contributed by atoms with van der Waals surface area (Å²) in [7, 11) is 1.08. The first-order valence-corrected chi connectivity index (χ1v) is 3.97. The Hall–Kier alpha value is -0.130. The number of hydrogen-bond donors (Lipinski definition) is 1. The van der Waals surface area contributed by atoms with Gasteiger partial charge >= 0.3 is 0 Å². The van der Waals surface area contributed by atoms with E-state index in [4.69, 9.17) is 5.84 Å². The Morgan fingerprint density at radius 2 is 2.00 bits per heavy atom. The molecule has 2 N–H and O–H groups in total. The van der Waals surface area contributed by atoms with Crippen LogP contribution < -0.4 is 5.84 Å². The van der Waals surface area contributed by atoms with E-state index in [-0.39, 0.29) is 0 Å². The van der Waals surface area contributed by atoms with E-state index < -0.39 is 9.92 Å². The van der Waals surface area contributed by atoms with Gasteiger partial charge in [-0.3, -0.25) is 0 Å². The molecule has 0 saturated heterocycles. The van der Waals surface area contributed by atoms with Crippen LogP contribution in [0.4, 0.5) is 0 Å². The second kappa shape index (κ2) is 2.43. The van der Waals surface area contributed by atoms with E-state index in [0.29, 0.717) is 0 Å². The molecule has 5 heteroatoms. The Bertz CT molecular complexity index is 167. The zero-order valence-corrected chi connectivity index (χ0v) is 6.10. The average Bonchev–Trinajstić information content (AvgIpc) is 1.67. The summed E-state index contributed by atoms with van der Waals surface area (Å²) in [5.74, 6) is 4.82. The summed E-state index contributed by atoms with van der Waals surface area (Å²) in [5, 5.41) is 0. The lowest BCUT2D eigenvalue weighted by Gasteiger charge is -2.08. The summed E-state index contributed by atoms with van der Waals surface area (Å²) >= 11 is 0. The smallest absolute Gasteiger partial charge is 0.122 e. The van der Waals surface area contributed by atoms with Gasteiger partial charge in [0.25, 0.3) is 0 Å². The maximum absolute atomic E-state index is 10.9. The molecule has 0 amide bonds. The first kappa shape index (κ1) is 7.87. The fourth-order valence-corrected chi connectivity index (χ4v) is 0.283. The van der Waals surface area contributed by atoms with Crippen molar-refractivity contribution < 1.29 is 4.21 Å². The standard InChI is InChI=1S/C3H11N3OS/c1-6(2)8(3,7)5-4/h4H2,1-3H3. The minimum atomic E-state index is -2.25. The molecule has 0 aromatic rings. The van der Waals surface area contributed by atoms with Crippen molar-refractivity contribution in [3.63, 3.8) is 0 Å². The predicted molar refractivity (Wildman–Crippen MR) is 34.4 cm³/mol. The van der Waals surface area contributed by atoms with Crippen molar-refractivity contribution in [3.8, 4) is 0 Å². The van der Waals surface area contributed by atoms with Gasteiger partial charge in [0.1, 0.15) is 9.92 Å². The van der Waals surface area contributed by atoms with Gasteiger partial charge in [-0.2, -0.15) is 0 Å². The highest BCUT2D eigenvalue weighted by Crippen LogP contribution is 1.88. The van der Waals surface area contributed by atoms with Gasteiger partial charge in [0, 0.05) is 20.4 Å². The minimum absolute atomic E-state index is 1.48. The average molecular weight is 137 g/mol. The van der Waals surface area contributed by atoms with Crippen LogP contribution >= 0.6 is 0 Å². The second-order valence-corrected chi connectivity index (χ2v) is 4.15. The summed E-state index contributed by atoms with van der Waals surface area (Å²) < 4.78 is 15.5. The maximum atomic E-state index is 10.9. The van der Waals surface area contributed by atoms with Crippen LogP contribution in [-0.2, 0) is 9.92 Å². The number of nitrogens with two attached hydrogens (primary N) is 1. The summed E-state index contributed by atoms with van der Waals surface area (Å²) in [4.78, 5) is 0. The number of hydrogen-bond acceptors (Lipinski definition) is 2. The Morgan fingerprint density at radius 1 is 1.62 bits per heavy atom. The third kappa shape index (κ3) is 1.77. The molecule has 0 saturated carbocycles. The van der Waals surface area contributed by atoms with Crippen molar-refractivity contribution in [2.45, 2.75) is 0 Å². The fraction of sp³-hybridized carbons (Fsp3) is 1.00. The fourth-order valence-electron chi connectivity index (χ4n) is 0.0943. The molecule has 0 heterocycles. The summed E-state index contributed by atoms with van der Waals surface area (Å²) in [6, 6.07) is 0. The molecule has 50 valence electrons. The van der Waals surface area contributed by atoms with Crippen molar-refractivity contribution >= 4 is 9.92 Å². The lowest BCUT2D eigenvalue weighted by Crippen LogP contribution is -2.21. The summed E-state index contributed by atoms with van der Waals surface area (Å²) in [6.07, 6.45) is 1.48. The van der Waals surface area contributed by atoms with Crippen LogP contribution in [0.1, 0.15) is 0 Å². The molecule has 4 nitrogen and oxygen atoms in total. The lowest BCUT2D eigenvalue weighted by atomic mass is 11.3. The first-order valence-electron chi connectivity index (χ1n) is 2.09. The highest BCUT2D eigenvalue weighted by Gasteiger charge is 1.99. The van der Waals surface area contributed by atoms with E-state index >= 15 is 0 Å². The van der Waals surface area contributed by atoms with Gasteiger partial charge in [0.2, 0.25) is 0 Å². The molecule has 0 bridgehead atoms. The normalized spacial score (nSPS) is 18.1. The van der Waals surface area contributed by atoms with Crippen LogP contribution in [0.2, 0.25) is 0 Å². The molecular weight excluding hydrogens is 126 g/mol. The molecule has 0 rings (SSSR count). The molecule has 0 aliphatic rings. The Kier molecular flexibility index (Phi) is 2.39. The number of rotatable bonds is 1. The van der Waals surface area contributed by atoms with Crippen molar-refractivity contribution in [1.82, 2.24) is 4.31 Å². The number of nitrogens with zero attached hydrogens (tertiary/aromatic N) is 2. The topological polar surface area (TPSA) is 58.7 Å². The first-order chi connectivity index (χ1) is 3.50. The molecule has 0 aromatic heterocycles. The molecule has 8 heavy (non-hydrogen) atoms. The molecule has 1 atom stereocenters. The largest absolute Gasteiger partial charge is 0.233 e. The minimum Gasteiger partial charge on any atom is -0.233 e. The van der Waals surface area contributed by atoms with Gasteiger partial charge < -0.3 is 0 Å². The van der Waals surface area contributed by atoms with Crippen molar-refractivity contribution in [1.29, 1.82) is 0 Å². The van der Waals surface area contributed by atoms with E-state index in [1.165, 1.54) is 10.6 Å².